The lowest BCUT2D eigenvalue weighted by Gasteiger charge is -2.26. The van der Waals surface area contributed by atoms with Gasteiger partial charge in [0.05, 0.1) is 10.4 Å². The molecule has 0 saturated heterocycles. The molecule has 21 heavy (non-hydrogen) atoms. The van der Waals surface area contributed by atoms with Crippen molar-refractivity contribution in [3.63, 3.8) is 0 Å². The fourth-order valence-electron chi connectivity index (χ4n) is 1.99. The van der Waals surface area contributed by atoms with E-state index in [2.05, 4.69) is 41.6 Å². The Morgan fingerprint density at radius 2 is 1.90 bits per heavy atom. The van der Waals surface area contributed by atoms with Crippen molar-refractivity contribution in [2.45, 2.75) is 24.3 Å². The number of hydrogen-bond acceptors (Lipinski definition) is 3. The van der Waals surface area contributed by atoms with E-state index in [0.29, 0.717) is 21.6 Å². The number of pyridine rings is 1. The number of aromatic nitrogens is 1. The molecule has 1 heterocycles. The lowest BCUT2D eigenvalue weighted by Crippen LogP contribution is -2.48. The highest BCUT2D eigenvalue weighted by molar-refractivity contribution is 9.09. The third-order valence-corrected chi connectivity index (χ3v) is 7.36. The summed E-state index contributed by atoms with van der Waals surface area (Å²) in [5.74, 6) is 0. The van der Waals surface area contributed by atoms with Gasteiger partial charge in [0.1, 0.15) is 0 Å². The monoisotopic (exact) mass is 434 g/mol. The Kier molecular flexibility index (Phi) is 5.07. The van der Waals surface area contributed by atoms with E-state index in [0.717, 1.165) is 5.56 Å². The van der Waals surface area contributed by atoms with Crippen LogP contribution in [0.3, 0.4) is 0 Å². The summed E-state index contributed by atoms with van der Waals surface area (Å²) in [6.45, 7) is 3.75. The topological polar surface area (TPSA) is 59.1 Å². The fraction of sp³-hybridized carbons (Fsp3) is 0.357. The number of nitrogens with one attached hydrogen (secondary N) is 1. The zero-order chi connectivity index (χ0) is 15.7. The zero-order valence-electron chi connectivity index (χ0n) is 11.7. The molecule has 0 atom stereocenters. The number of aryl methyl sites for hydroxylation is 1. The molecule has 0 aliphatic rings. The Morgan fingerprint density at radius 1 is 1.24 bits per heavy atom. The van der Waals surface area contributed by atoms with Gasteiger partial charge < -0.3 is 0 Å². The van der Waals surface area contributed by atoms with Crippen molar-refractivity contribution in [1.29, 1.82) is 0 Å². The van der Waals surface area contributed by atoms with Gasteiger partial charge in [-0.2, -0.15) is 0 Å². The van der Waals surface area contributed by atoms with Crippen LogP contribution >= 0.6 is 31.9 Å². The second-order valence-electron chi connectivity index (χ2n) is 5.21. The Hall–Kier alpha value is -0.500. The molecule has 1 aromatic heterocycles. The average Bonchev–Trinajstić information content (AvgIpc) is 2.47. The summed E-state index contributed by atoms with van der Waals surface area (Å²) < 4.78 is 28.2. The largest absolute Gasteiger partial charge is 0.256 e. The van der Waals surface area contributed by atoms with E-state index in [1.165, 1.54) is 0 Å². The first kappa shape index (κ1) is 16.9. The summed E-state index contributed by atoms with van der Waals surface area (Å²) in [7, 11) is -3.64. The van der Waals surface area contributed by atoms with Gasteiger partial charge in [-0.05, 0) is 37.6 Å². The van der Waals surface area contributed by atoms with Gasteiger partial charge in [0.2, 0.25) is 10.0 Å². The summed E-state index contributed by atoms with van der Waals surface area (Å²) in [6, 6.07) is 6.94. The smallest absolute Gasteiger partial charge is 0.241 e. The molecule has 0 unspecified atom stereocenters. The quantitative estimate of drug-likeness (QED) is 0.732. The highest BCUT2D eigenvalue weighted by Crippen LogP contribution is 2.25. The van der Waals surface area contributed by atoms with Crippen molar-refractivity contribution in [2.75, 3.05) is 10.7 Å². The third kappa shape index (κ3) is 3.47. The van der Waals surface area contributed by atoms with Crippen molar-refractivity contribution in [3.8, 4) is 0 Å². The molecule has 0 aliphatic heterocycles. The molecule has 1 N–H and O–H groups in total. The summed E-state index contributed by atoms with van der Waals surface area (Å²) in [5, 5.41) is 1.65. The Morgan fingerprint density at radius 3 is 2.52 bits per heavy atom. The lowest BCUT2D eigenvalue weighted by atomic mass is 10.1. The van der Waals surface area contributed by atoms with Crippen LogP contribution in [0.4, 0.5) is 0 Å². The molecule has 0 spiro atoms. The predicted molar refractivity (Wildman–Crippen MR) is 92.8 cm³/mol. The van der Waals surface area contributed by atoms with E-state index in [4.69, 9.17) is 0 Å². The molecule has 0 aliphatic carbocycles. The normalized spacial score (nSPS) is 12.8. The Bertz CT molecular complexity index is 759. The lowest BCUT2D eigenvalue weighted by molar-refractivity contribution is 0.509. The standard InChI is InChI=1S/C14H16Br2N2O2S/c1-10-5-6-12(11-4-3-7-17-13(10)11)21(19,20)18-14(2,8-15)9-16/h3-7,18H,8-9H2,1-2H3. The van der Waals surface area contributed by atoms with Crippen LogP contribution in [0.1, 0.15) is 12.5 Å². The molecule has 2 rings (SSSR count). The number of sulfonamides is 1. The molecule has 0 amide bonds. The summed E-state index contributed by atoms with van der Waals surface area (Å²) in [4.78, 5) is 4.53. The van der Waals surface area contributed by atoms with Crippen LogP contribution in [0.2, 0.25) is 0 Å². The van der Waals surface area contributed by atoms with Crippen LogP contribution in [0.15, 0.2) is 35.4 Å². The minimum absolute atomic E-state index is 0.254. The van der Waals surface area contributed by atoms with Crippen molar-refractivity contribution in [3.05, 3.63) is 36.0 Å². The van der Waals surface area contributed by atoms with Crippen LogP contribution in [0.5, 0.6) is 0 Å². The van der Waals surface area contributed by atoms with Gasteiger partial charge in [-0.15, -0.1) is 0 Å². The molecule has 1 aromatic carbocycles. The van der Waals surface area contributed by atoms with Crippen molar-refractivity contribution in [1.82, 2.24) is 9.71 Å². The van der Waals surface area contributed by atoms with E-state index >= 15 is 0 Å². The van der Waals surface area contributed by atoms with Gasteiger partial charge in [-0.1, -0.05) is 37.9 Å². The Labute approximate surface area is 141 Å². The van der Waals surface area contributed by atoms with Crippen LogP contribution in [-0.2, 0) is 10.0 Å². The average molecular weight is 436 g/mol. The van der Waals surface area contributed by atoms with Crippen molar-refractivity contribution >= 4 is 52.8 Å². The maximum atomic E-state index is 12.7. The van der Waals surface area contributed by atoms with E-state index < -0.39 is 15.6 Å². The van der Waals surface area contributed by atoms with Crippen LogP contribution < -0.4 is 4.72 Å². The predicted octanol–water partition coefficient (Wildman–Crippen LogP) is 3.37. The number of alkyl halides is 2. The number of halogens is 2. The molecule has 4 nitrogen and oxygen atoms in total. The minimum Gasteiger partial charge on any atom is -0.256 e. The van der Waals surface area contributed by atoms with Gasteiger partial charge in [0.25, 0.3) is 0 Å². The molecule has 0 radical (unpaired) electrons. The van der Waals surface area contributed by atoms with E-state index in [-0.39, 0.29) is 4.90 Å². The molecule has 2 aromatic rings. The molecule has 0 saturated carbocycles. The first-order valence-electron chi connectivity index (χ1n) is 6.33. The number of benzene rings is 1. The van der Waals surface area contributed by atoms with Crippen molar-refractivity contribution < 1.29 is 8.42 Å². The van der Waals surface area contributed by atoms with Crippen LogP contribution in [0, 0.1) is 6.92 Å². The van der Waals surface area contributed by atoms with Gasteiger partial charge in [0.15, 0.2) is 0 Å². The highest BCUT2D eigenvalue weighted by Gasteiger charge is 2.30. The van der Waals surface area contributed by atoms with Gasteiger partial charge in [-0.3, -0.25) is 4.98 Å². The third-order valence-electron chi connectivity index (χ3n) is 3.19. The minimum atomic E-state index is -3.64. The second kappa shape index (κ2) is 6.32. The molecular formula is C14H16Br2N2O2S. The molecule has 0 bridgehead atoms. The molecule has 7 heteroatoms. The van der Waals surface area contributed by atoms with Crippen LogP contribution in [0.25, 0.3) is 10.9 Å². The number of hydrogen-bond donors (Lipinski definition) is 1. The van der Waals surface area contributed by atoms with Crippen molar-refractivity contribution in [2.24, 2.45) is 0 Å². The SMILES string of the molecule is Cc1ccc(S(=O)(=O)NC(C)(CBr)CBr)c2cccnc12. The summed E-state index contributed by atoms with van der Waals surface area (Å²) in [6.07, 6.45) is 1.67. The molecule has 0 fully saturated rings. The van der Waals surface area contributed by atoms with Crippen LogP contribution in [-0.4, -0.2) is 29.6 Å². The molecule has 114 valence electrons. The summed E-state index contributed by atoms with van der Waals surface area (Å²) in [5.41, 5.74) is 1.06. The van der Waals surface area contributed by atoms with Gasteiger partial charge in [0, 0.05) is 27.8 Å². The maximum Gasteiger partial charge on any atom is 0.241 e. The zero-order valence-corrected chi connectivity index (χ0v) is 15.7. The van der Waals surface area contributed by atoms with E-state index in [1.54, 1.807) is 30.5 Å². The second-order valence-corrected chi connectivity index (χ2v) is 7.99. The van der Waals surface area contributed by atoms with Gasteiger partial charge >= 0.3 is 0 Å². The first-order chi connectivity index (χ1) is 9.83. The van der Waals surface area contributed by atoms with Gasteiger partial charge in [-0.25, -0.2) is 13.1 Å². The van der Waals surface area contributed by atoms with E-state index in [9.17, 15) is 8.42 Å². The summed E-state index contributed by atoms with van der Waals surface area (Å²) >= 11 is 6.70. The maximum absolute atomic E-state index is 12.7. The highest BCUT2D eigenvalue weighted by atomic mass is 79.9. The Balaban J connectivity index is 2.59. The fourth-order valence-corrected chi connectivity index (χ4v) is 5.18. The first-order valence-corrected chi connectivity index (χ1v) is 10.1. The molecular weight excluding hydrogens is 420 g/mol. The van der Waals surface area contributed by atoms with E-state index in [1.807, 2.05) is 13.8 Å². The number of rotatable bonds is 5. The number of nitrogens with zero attached hydrogens (tertiary/aromatic N) is 1. The number of fused-ring (bicyclic) bond motifs is 1.